The third kappa shape index (κ3) is 4.59. The van der Waals surface area contributed by atoms with Gasteiger partial charge in [0.05, 0.1) is 0 Å². The summed E-state index contributed by atoms with van der Waals surface area (Å²) in [5, 5.41) is 13.9. The van der Waals surface area contributed by atoms with Crippen LogP contribution in [0.4, 0.5) is 10.5 Å². The molecule has 8 heteroatoms. The number of benzene rings is 1. The molecule has 2 aromatic rings. The lowest BCUT2D eigenvalue weighted by molar-refractivity contribution is 0.0953. The van der Waals surface area contributed by atoms with E-state index in [1.54, 1.807) is 24.3 Å². The van der Waals surface area contributed by atoms with Gasteiger partial charge < -0.3 is 20.9 Å². The lowest BCUT2D eigenvalue weighted by Gasteiger charge is -2.08. The van der Waals surface area contributed by atoms with E-state index in [1.165, 1.54) is 19.3 Å². The van der Waals surface area contributed by atoms with E-state index < -0.39 is 6.03 Å². The average Bonchev–Trinajstić information content (AvgIpc) is 2.85. The number of nitrogens with two attached hydrogens (primary N) is 1. The number of rotatable bonds is 6. The van der Waals surface area contributed by atoms with Crippen LogP contribution in [-0.4, -0.2) is 33.2 Å². The van der Waals surface area contributed by atoms with E-state index in [-0.39, 0.29) is 5.91 Å². The predicted molar refractivity (Wildman–Crippen MR) is 97.9 cm³/mol. The summed E-state index contributed by atoms with van der Waals surface area (Å²) in [7, 11) is 0. The summed E-state index contributed by atoms with van der Waals surface area (Å²) in [5.74, 6) is 1.90. The van der Waals surface area contributed by atoms with Gasteiger partial charge in [-0.1, -0.05) is 12.5 Å². The van der Waals surface area contributed by atoms with Crippen molar-refractivity contribution in [3.05, 3.63) is 41.5 Å². The fourth-order valence-electron chi connectivity index (χ4n) is 3.16. The Kier molecular flexibility index (Phi) is 5.83. The molecule has 1 aliphatic heterocycles. The minimum Gasteiger partial charge on any atom is -0.352 e. The number of anilines is 1. The zero-order valence-electron chi connectivity index (χ0n) is 14.7. The summed E-state index contributed by atoms with van der Waals surface area (Å²) in [6.45, 7) is 1.54. The minimum atomic E-state index is -0.657. The molecule has 0 saturated heterocycles. The molecule has 3 amide bonds. The third-order valence-electron chi connectivity index (χ3n) is 4.44. The topological polar surface area (TPSA) is 115 Å². The molecule has 0 radical (unpaired) electrons. The number of hydrogen-bond donors (Lipinski definition) is 3. The molecule has 0 unspecified atom stereocenters. The van der Waals surface area contributed by atoms with E-state index in [4.69, 9.17) is 5.73 Å². The Morgan fingerprint density at radius 1 is 1.19 bits per heavy atom. The zero-order chi connectivity index (χ0) is 18.4. The van der Waals surface area contributed by atoms with Crippen LogP contribution < -0.4 is 16.4 Å². The van der Waals surface area contributed by atoms with Crippen LogP contribution in [0.3, 0.4) is 0 Å². The second kappa shape index (κ2) is 8.46. The maximum absolute atomic E-state index is 12.2. The number of nitrogens with zero attached hydrogens (tertiary/aromatic N) is 3. The van der Waals surface area contributed by atoms with Gasteiger partial charge in [-0.15, -0.1) is 10.2 Å². The lowest BCUT2D eigenvalue weighted by Crippen LogP contribution is -2.25. The number of urea groups is 1. The molecular formula is C18H24N6O2. The van der Waals surface area contributed by atoms with Gasteiger partial charge in [0.2, 0.25) is 0 Å². The Labute approximate surface area is 152 Å². The van der Waals surface area contributed by atoms with Crippen LogP contribution in [0.15, 0.2) is 24.3 Å². The summed E-state index contributed by atoms with van der Waals surface area (Å²) in [5.41, 5.74) is 6.07. The summed E-state index contributed by atoms with van der Waals surface area (Å²) < 4.78 is 2.23. The molecule has 0 aliphatic carbocycles. The number of fused-ring (bicyclic) bond motifs is 1. The van der Waals surface area contributed by atoms with E-state index in [0.717, 1.165) is 37.5 Å². The van der Waals surface area contributed by atoms with Gasteiger partial charge in [-0.2, -0.15) is 0 Å². The summed E-state index contributed by atoms with van der Waals surface area (Å²) in [6, 6.07) is 6.01. The van der Waals surface area contributed by atoms with Gasteiger partial charge in [0.15, 0.2) is 0 Å². The number of aryl methyl sites for hydroxylation is 2. The quantitative estimate of drug-likeness (QED) is 0.685. The largest absolute Gasteiger partial charge is 0.352 e. The van der Waals surface area contributed by atoms with E-state index in [9.17, 15) is 9.59 Å². The first-order valence-corrected chi connectivity index (χ1v) is 8.99. The van der Waals surface area contributed by atoms with Gasteiger partial charge in [-0.05, 0) is 37.5 Å². The van der Waals surface area contributed by atoms with Crippen molar-refractivity contribution in [1.29, 1.82) is 0 Å². The maximum Gasteiger partial charge on any atom is 0.316 e. The van der Waals surface area contributed by atoms with Gasteiger partial charge in [-0.25, -0.2) is 4.79 Å². The van der Waals surface area contributed by atoms with Crippen molar-refractivity contribution in [3.8, 4) is 0 Å². The average molecular weight is 356 g/mol. The number of aromatic nitrogens is 3. The van der Waals surface area contributed by atoms with Crippen LogP contribution in [0.1, 0.15) is 47.7 Å². The number of carbonyl (C=O) groups excluding carboxylic acids is 2. The number of nitrogens with one attached hydrogen (secondary N) is 2. The molecule has 8 nitrogen and oxygen atoms in total. The zero-order valence-corrected chi connectivity index (χ0v) is 14.7. The molecule has 1 aromatic carbocycles. The first kappa shape index (κ1) is 17.9. The van der Waals surface area contributed by atoms with Crippen molar-refractivity contribution in [3.63, 3.8) is 0 Å². The number of amides is 3. The molecule has 0 bridgehead atoms. The van der Waals surface area contributed by atoms with Crippen LogP contribution in [0, 0.1) is 0 Å². The molecule has 26 heavy (non-hydrogen) atoms. The Balaban J connectivity index is 1.49. The second-order valence-electron chi connectivity index (χ2n) is 6.42. The second-order valence-corrected chi connectivity index (χ2v) is 6.42. The predicted octanol–water partition coefficient (Wildman–Crippen LogP) is 1.86. The van der Waals surface area contributed by atoms with Crippen LogP contribution in [0.5, 0.6) is 0 Å². The smallest absolute Gasteiger partial charge is 0.316 e. The standard InChI is InChI=1S/C18H24N6O2/c19-18(26)21-14-7-4-6-13(12-14)17(25)20-10-5-9-16-23-22-15-8-2-1-3-11-24(15)16/h4,6-7,12H,1-3,5,8-11H2,(H,20,25)(H3,19,21,26). The Morgan fingerprint density at radius 3 is 2.92 bits per heavy atom. The highest BCUT2D eigenvalue weighted by Gasteiger charge is 2.14. The van der Waals surface area contributed by atoms with Crippen LogP contribution in [0.25, 0.3) is 0 Å². The maximum atomic E-state index is 12.2. The van der Waals surface area contributed by atoms with Gasteiger partial charge in [0, 0.05) is 37.2 Å². The van der Waals surface area contributed by atoms with Crippen molar-refractivity contribution in [2.24, 2.45) is 5.73 Å². The number of carbonyl (C=O) groups is 2. The van der Waals surface area contributed by atoms with Gasteiger partial charge >= 0.3 is 6.03 Å². The monoisotopic (exact) mass is 356 g/mol. The molecule has 2 heterocycles. The molecule has 138 valence electrons. The molecular weight excluding hydrogens is 332 g/mol. The Hall–Kier alpha value is -2.90. The fourth-order valence-corrected chi connectivity index (χ4v) is 3.16. The van der Waals surface area contributed by atoms with Gasteiger partial charge in [0.1, 0.15) is 11.6 Å². The first-order valence-electron chi connectivity index (χ1n) is 8.99. The number of hydrogen-bond acceptors (Lipinski definition) is 4. The van der Waals surface area contributed by atoms with E-state index in [0.29, 0.717) is 17.8 Å². The molecule has 4 N–H and O–H groups in total. The highest BCUT2D eigenvalue weighted by atomic mass is 16.2. The van der Waals surface area contributed by atoms with Crippen LogP contribution in [0.2, 0.25) is 0 Å². The molecule has 1 aromatic heterocycles. The summed E-state index contributed by atoms with van der Waals surface area (Å²) in [6.07, 6.45) is 6.17. The van der Waals surface area contributed by atoms with Crippen molar-refractivity contribution >= 4 is 17.6 Å². The Bertz CT molecular complexity index is 786. The van der Waals surface area contributed by atoms with Crippen LogP contribution >= 0.6 is 0 Å². The molecule has 0 saturated carbocycles. The first-order chi connectivity index (χ1) is 12.6. The molecule has 3 rings (SSSR count). The normalized spacial score (nSPS) is 13.5. The number of primary amides is 1. The van der Waals surface area contributed by atoms with Crippen molar-refractivity contribution < 1.29 is 9.59 Å². The minimum absolute atomic E-state index is 0.182. The molecule has 0 fully saturated rings. The summed E-state index contributed by atoms with van der Waals surface area (Å²) in [4.78, 5) is 23.1. The Morgan fingerprint density at radius 2 is 2.08 bits per heavy atom. The lowest BCUT2D eigenvalue weighted by atomic mass is 10.2. The highest BCUT2D eigenvalue weighted by molar-refractivity contribution is 5.96. The highest BCUT2D eigenvalue weighted by Crippen LogP contribution is 2.15. The van der Waals surface area contributed by atoms with Crippen molar-refractivity contribution in [2.45, 2.75) is 45.1 Å². The van der Waals surface area contributed by atoms with E-state index >= 15 is 0 Å². The van der Waals surface area contributed by atoms with Crippen molar-refractivity contribution in [1.82, 2.24) is 20.1 Å². The molecule has 1 aliphatic rings. The third-order valence-corrected chi connectivity index (χ3v) is 4.44. The van der Waals surface area contributed by atoms with E-state index in [1.807, 2.05) is 0 Å². The van der Waals surface area contributed by atoms with Gasteiger partial charge in [-0.3, -0.25) is 4.79 Å². The van der Waals surface area contributed by atoms with Crippen molar-refractivity contribution in [2.75, 3.05) is 11.9 Å². The summed E-state index contributed by atoms with van der Waals surface area (Å²) >= 11 is 0. The molecule has 0 spiro atoms. The SMILES string of the molecule is NC(=O)Nc1cccc(C(=O)NCCCc2nnc3n2CCCCC3)c1. The van der Waals surface area contributed by atoms with E-state index in [2.05, 4.69) is 25.4 Å². The fraction of sp³-hybridized carbons (Fsp3) is 0.444. The molecule has 0 atom stereocenters. The van der Waals surface area contributed by atoms with Crippen LogP contribution in [-0.2, 0) is 19.4 Å². The van der Waals surface area contributed by atoms with Gasteiger partial charge in [0.25, 0.3) is 5.91 Å².